The molecule has 2 atom stereocenters. The Morgan fingerprint density at radius 3 is 2.48 bits per heavy atom. The van der Waals surface area contributed by atoms with E-state index in [-0.39, 0.29) is 11.8 Å². The molecule has 1 N–H and O–H groups in total. The summed E-state index contributed by atoms with van der Waals surface area (Å²) < 4.78 is 10.7. The highest BCUT2D eigenvalue weighted by atomic mass is 16.5. The third kappa shape index (κ3) is 5.85. The van der Waals surface area contributed by atoms with Crippen LogP contribution in [0.1, 0.15) is 52.4 Å². The minimum Gasteiger partial charge on any atom is -0.497 e. The number of ether oxygens (including phenoxy) is 1. The highest BCUT2D eigenvalue weighted by molar-refractivity contribution is 5.78. The summed E-state index contributed by atoms with van der Waals surface area (Å²) in [6.45, 7) is 7.95. The molecule has 0 spiro atoms. The number of amides is 1. The van der Waals surface area contributed by atoms with Crippen molar-refractivity contribution in [2.75, 3.05) is 38.2 Å². The van der Waals surface area contributed by atoms with Crippen molar-refractivity contribution in [2.24, 2.45) is 5.92 Å². The van der Waals surface area contributed by atoms with Gasteiger partial charge in [-0.15, -0.1) is 0 Å². The van der Waals surface area contributed by atoms with E-state index in [0.29, 0.717) is 23.9 Å². The predicted molar refractivity (Wildman–Crippen MR) is 128 cm³/mol. The van der Waals surface area contributed by atoms with Gasteiger partial charge in [0.05, 0.1) is 7.11 Å². The van der Waals surface area contributed by atoms with Gasteiger partial charge in [-0.25, -0.2) is 0 Å². The van der Waals surface area contributed by atoms with Crippen LogP contribution < -0.4 is 15.0 Å². The molecule has 8 nitrogen and oxygen atoms in total. The maximum atomic E-state index is 12.7. The Morgan fingerprint density at radius 1 is 1.12 bits per heavy atom. The molecule has 1 aromatic carbocycles. The minimum atomic E-state index is 0.0538. The van der Waals surface area contributed by atoms with Crippen molar-refractivity contribution < 1.29 is 14.1 Å². The van der Waals surface area contributed by atoms with E-state index in [1.807, 2.05) is 24.3 Å². The number of rotatable bonds is 8. The molecule has 1 aromatic heterocycles. The van der Waals surface area contributed by atoms with Gasteiger partial charge in [0.2, 0.25) is 11.7 Å². The summed E-state index contributed by atoms with van der Waals surface area (Å²) in [7, 11) is 1.64. The van der Waals surface area contributed by atoms with Crippen molar-refractivity contribution in [2.45, 2.75) is 64.5 Å². The second kappa shape index (κ2) is 11.0. The summed E-state index contributed by atoms with van der Waals surface area (Å²) in [5.74, 6) is 1.58. The van der Waals surface area contributed by atoms with E-state index in [9.17, 15) is 4.79 Å². The topological polar surface area (TPSA) is 83.7 Å². The fourth-order valence-corrected chi connectivity index (χ4v) is 5.07. The Balaban J connectivity index is 1.19. The SMILES string of the molecule is COc1ccc(-c2noc(N3CCC(C(=O)NCCCN4C(C)CCCC4C)CC3)n2)cc1. The van der Waals surface area contributed by atoms with Crippen LogP contribution in [0.15, 0.2) is 28.8 Å². The highest BCUT2D eigenvalue weighted by Crippen LogP contribution is 2.26. The number of methoxy groups -OCH3 is 1. The standard InChI is InChI=1S/C25H37N5O3/c1-18-6-4-7-19(2)30(18)15-5-14-26-24(31)21-12-16-29(17-13-21)25-27-23(28-33-25)20-8-10-22(32-3)11-9-20/h8-11,18-19,21H,4-7,12-17H2,1-3H3,(H,26,31). The Kier molecular flexibility index (Phi) is 7.85. The van der Waals surface area contributed by atoms with Crippen LogP contribution >= 0.6 is 0 Å². The van der Waals surface area contributed by atoms with E-state index >= 15 is 0 Å². The average Bonchev–Trinajstić information content (AvgIpc) is 3.34. The first-order valence-corrected chi connectivity index (χ1v) is 12.3. The molecule has 33 heavy (non-hydrogen) atoms. The maximum absolute atomic E-state index is 12.7. The fourth-order valence-electron chi connectivity index (χ4n) is 5.07. The number of carbonyl (C=O) groups is 1. The fraction of sp³-hybridized carbons (Fsp3) is 0.640. The molecule has 0 saturated carbocycles. The second-order valence-corrected chi connectivity index (χ2v) is 9.40. The van der Waals surface area contributed by atoms with Gasteiger partial charge in [0.15, 0.2) is 0 Å². The third-order valence-corrected chi connectivity index (χ3v) is 7.17. The van der Waals surface area contributed by atoms with Crippen LogP contribution in [0, 0.1) is 5.92 Å². The molecule has 8 heteroatoms. The first-order chi connectivity index (χ1) is 16.0. The number of hydrogen-bond acceptors (Lipinski definition) is 7. The molecule has 2 aliphatic heterocycles. The smallest absolute Gasteiger partial charge is 0.324 e. The zero-order valence-corrected chi connectivity index (χ0v) is 20.1. The molecule has 2 aliphatic rings. The summed E-state index contributed by atoms with van der Waals surface area (Å²) in [6.07, 6.45) is 6.52. The van der Waals surface area contributed by atoms with Crippen molar-refractivity contribution >= 4 is 11.9 Å². The van der Waals surface area contributed by atoms with Crippen LogP contribution in [0.5, 0.6) is 5.75 Å². The molecule has 3 heterocycles. The van der Waals surface area contributed by atoms with E-state index in [0.717, 1.165) is 56.8 Å². The molecule has 2 aromatic rings. The lowest BCUT2D eigenvalue weighted by Gasteiger charge is -2.39. The molecular formula is C25H37N5O3. The van der Waals surface area contributed by atoms with Gasteiger partial charge in [0.25, 0.3) is 0 Å². The average molecular weight is 456 g/mol. The molecular weight excluding hydrogens is 418 g/mol. The molecule has 0 bridgehead atoms. The van der Waals surface area contributed by atoms with Gasteiger partial charge in [0.1, 0.15) is 5.75 Å². The van der Waals surface area contributed by atoms with Crippen molar-refractivity contribution in [1.29, 1.82) is 0 Å². The summed E-state index contributed by atoms with van der Waals surface area (Å²) in [6, 6.07) is 9.41. The first kappa shape index (κ1) is 23.5. The third-order valence-electron chi connectivity index (χ3n) is 7.17. The first-order valence-electron chi connectivity index (χ1n) is 12.3. The number of anilines is 1. The molecule has 4 rings (SSSR count). The monoisotopic (exact) mass is 455 g/mol. The highest BCUT2D eigenvalue weighted by Gasteiger charge is 2.28. The molecule has 2 fully saturated rings. The lowest BCUT2D eigenvalue weighted by molar-refractivity contribution is -0.125. The Hall–Kier alpha value is -2.61. The van der Waals surface area contributed by atoms with Crippen molar-refractivity contribution in [3.05, 3.63) is 24.3 Å². The van der Waals surface area contributed by atoms with E-state index in [1.54, 1.807) is 7.11 Å². The maximum Gasteiger partial charge on any atom is 0.324 e. The van der Waals surface area contributed by atoms with Crippen LogP contribution in [0.2, 0.25) is 0 Å². The number of nitrogens with zero attached hydrogens (tertiary/aromatic N) is 4. The predicted octanol–water partition coefficient (Wildman–Crippen LogP) is 3.73. The minimum absolute atomic E-state index is 0.0538. The Morgan fingerprint density at radius 2 is 1.82 bits per heavy atom. The van der Waals surface area contributed by atoms with Gasteiger partial charge in [-0.3, -0.25) is 9.69 Å². The Bertz CT molecular complexity index is 882. The summed E-state index contributed by atoms with van der Waals surface area (Å²) in [4.78, 5) is 21.9. The zero-order valence-electron chi connectivity index (χ0n) is 20.1. The molecule has 2 saturated heterocycles. The number of hydrogen-bond donors (Lipinski definition) is 1. The molecule has 0 radical (unpaired) electrons. The zero-order chi connectivity index (χ0) is 23.2. The van der Waals surface area contributed by atoms with Crippen LogP contribution in [0.4, 0.5) is 6.01 Å². The van der Waals surface area contributed by atoms with Crippen molar-refractivity contribution in [3.63, 3.8) is 0 Å². The lowest BCUT2D eigenvalue weighted by Crippen LogP contribution is -2.45. The molecule has 180 valence electrons. The van der Waals surface area contributed by atoms with E-state index in [1.165, 1.54) is 19.3 Å². The number of likely N-dealkylation sites (tertiary alicyclic amines) is 1. The second-order valence-electron chi connectivity index (χ2n) is 9.40. The van der Waals surface area contributed by atoms with Crippen LogP contribution in [-0.2, 0) is 4.79 Å². The largest absolute Gasteiger partial charge is 0.497 e. The molecule has 0 aliphatic carbocycles. The summed E-state index contributed by atoms with van der Waals surface area (Å²) in [5, 5.41) is 7.28. The van der Waals surface area contributed by atoms with Gasteiger partial charge < -0.3 is 19.5 Å². The molecule has 2 unspecified atom stereocenters. The summed E-state index contributed by atoms with van der Waals surface area (Å²) >= 11 is 0. The summed E-state index contributed by atoms with van der Waals surface area (Å²) in [5.41, 5.74) is 0.883. The van der Waals surface area contributed by atoms with E-state index in [2.05, 4.69) is 39.1 Å². The number of piperidine rings is 2. The van der Waals surface area contributed by atoms with Crippen LogP contribution in [-0.4, -0.2) is 66.3 Å². The number of nitrogens with one attached hydrogen (secondary N) is 1. The van der Waals surface area contributed by atoms with Crippen molar-refractivity contribution in [1.82, 2.24) is 20.4 Å². The Labute approximate surface area is 196 Å². The van der Waals surface area contributed by atoms with E-state index in [4.69, 9.17) is 9.26 Å². The van der Waals surface area contributed by atoms with Gasteiger partial charge in [-0.05, 0) is 70.2 Å². The van der Waals surface area contributed by atoms with Gasteiger partial charge in [0, 0.05) is 49.7 Å². The normalized spacial score (nSPS) is 22.3. The van der Waals surface area contributed by atoms with Crippen LogP contribution in [0.25, 0.3) is 11.4 Å². The number of carbonyl (C=O) groups excluding carboxylic acids is 1. The lowest BCUT2D eigenvalue weighted by atomic mass is 9.96. The molecule has 1 amide bonds. The van der Waals surface area contributed by atoms with Gasteiger partial charge >= 0.3 is 6.01 Å². The number of benzene rings is 1. The quantitative estimate of drug-likeness (QED) is 0.607. The van der Waals surface area contributed by atoms with E-state index < -0.39 is 0 Å². The van der Waals surface area contributed by atoms with Crippen molar-refractivity contribution in [3.8, 4) is 17.1 Å². The number of aromatic nitrogens is 2. The van der Waals surface area contributed by atoms with Gasteiger partial charge in [-0.1, -0.05) is 11.6 Å². The van der Waals surface area contributed by atoms with Crippen LogP contribution in [0.3, 0.4) is 0 Å². The van der Waals surface area contributed by atoms with Gasteiger partial charge in [-0.2, -0.15) is 4.98 Å².